The van der Waals surface area contributed by atoms with Crippen LogP contribution in [0.5, 0.6) is 0 Å². The van der Waals surface area contributed by atoms with E-state index < -0.39 is 17.4 Å². The highest BCUT2D eigenvalue weighted by atomic mass is 16.5. The lowest BCUT2D eigenvalue weighted by Crippen LogP contribution is -2.57. The SMILES string of the molecule is CCC.CCn1c(-c2cccnc2[C@H](C)OC)c(CC(C)(C)COC=O)c2cc(-c3cccc(C[C@H](NC(=O)CN(C)C(=O)[C@H]4CCN(CC#CC(=O)N(C)C)C4)C(=O)N4CCCCN4)c3)ccc21.[HH].[HH]. The van der Waals surface area contributed by atoms with Crippen LogP contribution in [-0.2, 0) is 52.8 Å². The first-order chi connectivity index (χ1) is 33.1. The minimum atomic E-state index is -0.888. The van der Waals surface area contributed by atoms with Crippen LogP contribution in [0.25, 0.3) is 33.3 Å². The lowest BCUT2D eigenvalue weighted by Gasteiger charge is -2.31. The van der Waals surface area contributed by atoms with Gasteiger partial charge in [0.1, 0.15) is 6.04 Å². The number of carbonyl (C=O) groups is 5. The molecule has 2 saturated heterocycles. The van der Waals surface area contributed by atoms with Gasteiger partial charge >= 0.3 is 0 Å². The van der Waals surface area contributed by atoms with Gasteiger partial charge in [0.2, 0.25) is 11.8 Å². The van der Waals surface area contributed by atoms with E-state index in [4.69, 9.17) is 14.5 Å². The van der Waals surface area contributed by atoms with Gasteiger partial charge in [-0.15, -0.1) is 0 Å². The van der Waals surface area contributed by atoms with Gasteiger partial charge in [0.25, 0.3) is 18.3 Å². The van der Waals surface area contributed by atoms with Crippen molar-refractivity contribution >= 4 is 41.0 Å². The summed E-state index contributed by atoms with van der Waals surface area (Å²) in [5, 5.41) is 5.66. The Morgan fingerprint density at radius 1 is 1.03 bits per heavy atom. The Labute approximate surface area is 412 Å². The molecule has 6 rings (SSSR count). The summed E-state index contributed by atoms with van der Waals surface area (Å²) in [5.41, 5.74) is 10.6. The van der Waals surface area contributed by atoms with Crippen LogP contribution in [0.2, 0.25) is 0 Å². The average Bonchev–Trinajstić information content (AvgIpc) is 3.94. The number of hydrogen-bond donors (Lipinski definition) is 2. The number of methoxy groups -OCH3 is 1. The summed E-state index contributed by atoms with van der Waals surface area (Å²) in [4.78, 5) is 74.2. The maximum absolute atomic E-state index is 14.1. The van der Waals surface area contributed by atoms with Crippen molar-refractivity contribution in [3.63, 3.8) is 0 Å². The van der Waals surface area contributed by atoms with E-state index in [0.29, 0.717) is 58.6 Å². The van der Waals surface area contributed by atoms with E-state index in [0.717, 1.165) is 62.9 Å². The minimum Gasteiger partial charge on any atom is -0.467 e. The number of benzene rings is 2. The van der Waals surface area contributed by atoms with Crippen molar-refractivity contribution in [3.8, 4) is 34.2 Å². The fraction of sp³-hybridized carbons (Fsp3) is 0.519. The van der Waals surface area contributed by atoms with Crippen molar-refractivity contribution in [3.05, 3.63) is 77.6 Å². The second-order valence-electron chi connectivity index (χ2n) is 19.1. The Hall–Kier alpha value is -6.08. The molecule has 0 spiro atoms. The van der Waals surface area contributed by atoms with Gasteiger partial charge in [-0.2, -0.15) is 0 Å². The first kappa shape index (κ1) is 53.9. The second kappa shape index (κ2) is 25.5. The third-order valence-corrected chi connectivity index (χ3v) is 12.5. The number of hydrogen-bond acceptors (Lipinski definition) is 10. The third kappa shape index (κ3) is 14.2. The highest BCUT2D eigenvalue weighted by Crippen LogP contribution is 2.42. The van der Waals surface area contributed by atoms with Gasteiger partial charge in [0.15, 0.2) is 0 Å². The van der Waals surface area contributed by atoms with Crippen LogP contribution in [-0.4, -0.2) is 140 Å². The Bertz CT molecular complexity index is 2480. The molecule has 0 bridgehead atoms. The molecule has 2 aliphatic heterocycles. The van der Waals surface area contributed by atoms with Crippen LogP contribution in [0.3, 0.4) is 0 Å². The lowest BCUT2D eigenvalue weighted by molar-refractivity contribution is -0.141. The molecule has 0 radical (unpaired) electrons. The van der Waals surface area contributed by atoms with Crippen LogP contribution in [0.15, 0.2) is 60.8 Å². The van der Waals surface area contributed by atoms with E-state index in [1.165, 1.54) is 16.2 Å². The zero-order chi connectivity index (χ0) is 50.3. The standard InChI is InChI=1S/C51H66N8O7.C3H8.2H2/c1-9-58-44-20-19-38(29-41(44)42(30-51(3,4)33-66-34-60)48(58)40-17-13-22-52-47(40)35(2)65-8)37-16-12-15-36(27-37)28-43(50(64)59-25-11-10-23-53-59)54-45(61)32-56(7)49(63)39-21-26-57(31-39)24-14-18-46(62)55(5)6;1-3-2;;/h12-13,15-17,19-20,22,27,29,34-35,39,43,53H,9-11,21,23-26,28,30-33H2,1-8H3,(H,54,61);3H2,1-2H3;2*1H/t35-,39-,43-;;;/m0.../s1. The summed E-state index contributed by atoms with van der Waals surface area (Å²) in [6.07, 6.45) is 6.06. The highest BCUT2D eigenvalue weighted by molar-refractivity contribution is 5.96. The fourth-order valence-electron chi connectivity index (χ4n) is 9.00. The molecule has 2 aromatic carbocycles. The van der Waals surface area contributed by atoms with Crippen molar-refractivity contribution in [1.82, 2.24) is 40.0 Å². The number of fused-ring (bicyclic) bond motifs is 1. The molecular weight excluding hydrogens is 873 g/mol. The average molecular weight is 951 g/mol. The molecule has 2 N–H and O–H groups in total. The zero-order valence-electron chi connectivity index (χ0n) is 42.5. The Kier molecular flexibility index (Phi) is 19.9. The lowest BCUT2D eigenvalue weighted by atomic mass is 9.84. The van der Waals surface area contributed by atoms with Crippen LogP contribution >= 0.6 is 0 Å². The van der Waals surface area contributed by atoms with Gasteiger partial charge in [-0.3, -0.25) is 38.9 Å². The van der Waals surface area contributed by atoms with E-state index >= 15 is 0 Å². The summed E-state index contributed by atoms with van der Waals surface area (Å²) in [6, 6.07) is 17.7. The maximum Gasteiger partial charge on any atom is 0.297 e. The van der Waals surface area contributed by atoms with Gasteiger partial charge in [-0.05, 0) is 98.5 Å². The molecule has 0 saturated carbocycles. The molecule has 2 aromatic heterocycles. The highest BCUT2D eigenvalue weighted by Gasteiger charge is 2.33. The largest absolute Gasteiger partial charge is 0.467 e. The number of pyridine rings is 1. The minimum absolute atomic E-state index is 0. The molecule has 2 aliphatic rings. The predicted octanol–water partition coefficient (Wildman–Crippen LogP) is 6.77. The molecule has 15 nitrogen and oxygen atoms in total. The molecule has 4 amide bonds. The van der Waals surface area contributed by atoms with E-state index in [1.807, 2.05) is 36.1 Å². The number of amides is 4. The number of ether oxygens (including phenoxy) is 2. The Balaban J connectivity index is 0.00000260. The smallest absolute Gasteiger partial charge is 0.297 e. The monoisotopic (exact) mass is 951 g/mol. The third-order valence-electron chi connectivity index (χ3n) is 12.5. The fourth-order valence-corrected chi connectivity index (χ4v) is 9.00. The molecule has 0 aliphatic carbocycles. The normalized spacial score (nSPS) is 15.8. The first-order valence-corrected chi connectivity index (χ1v) is 24.4. The summed E-state index contributed by atoms with van der Waals surface area (Å²) in [5.74, 6) is 4.12. The maximum atomic E-state index is 14.1. The zero-order valence-corrected chi connectivity index (χ0v) is 42.5. The molecule has 4 heterocycles. The van der Waals surface area contributed by atoms with Gasteiger partial charge in [-0.1, -0.05) is 70.4 Å². The molecule has 4 aromatic rings. The number of likely N-dealkylation sites (N-methyl/N-ethyl adjacent to an activating group) is 1. The molecule has 3 atom stereocenters. The van der Waals surface area contributed by atoms with E-state index in [1.54, 1.807) is 39.5 Å². The van der Waals surface area contributed by atoms with Gasteiger partial charge < -0.3 is 29.2 Å². The van der Waals surface area contributed by atoms with E-state index in [9.17, 15) is 24.0 Å². The van der Waals surface area contributed by atoms with Crippen molar-refractivity contribution in [1.29, 1.82) is 0 Å². The number of carbonyl (C=O) groups excluding carboxylic acids is 5. The number of nitrogens with one attached hydrogen (secondary N) is 2. The van der Waals surface area contributed by atoms with Crippen molar-refractivity contribution in [2.24, 2.45) is 11.3 Å². The summed E-state index contributed by atoms with van der Waals surface area (Å²) < 4.78 is 13.4. The number of likely N-dealkylation sites (tertiary alicyclic amines) is 1. The van der Waals surface area contributed by atoms with Crippen molar-refractivity contribution < 1.29 is 36.3 Å². The quantitative estimate of drug-likeness (QED) is 0.0806. The molecule has 2 fully saturated rings. The number of nitrogens with zero attached hydrogens (tertiary/aromatic N) is 6. The number of aromatic nitrogens is 2. The van der Waals surface area contributed by atoms with Crippen LogP contribution in [0.1, 0.15) is 93.0 Å². The van der Waals surface area contributed by atoms with Crippen molar-refractivity contribution in [2.75, 3.05) is 74.1 Å². The van der Waals surface area contributed by atoms with Gasteiger partial charge in [0, 0.05) is 91.8 Å². The number of aryl methyl sites for hydroxylation is 1. The molecule has 376 valence electrons. The Morgan fingerprint density at radius 2 is 1.78 bits per heavy atom. The number of hydrazine groups is 1. The molecule has 15 heteroatoms. The van der Waals surface area contributed by atoms with Crippen LogP contribution < -0.4 is 10.7 Å². The first-order valence-electron chi connectivity index (χ1n) is 24.4. The van der Waals surface area contributed by atoms with E-state index in [2.05, 4.69) is 92.1 Å². The summed E-state index contributed by atoms with van der Waals surface area (Å²) in [7, 11) is 6.59. The van der Waals surface area contributed by atoms with Crippen LogP contribution in [0, 0.1) is 23.2 Å². The van der Waals surface area contributed by atoms with Gasteiger partial charge in [-0.25, -0.2) is 5.43 Å². The number of rotatable bonds is 18. The van der Waals surface area contributed by atoms with Gasteiger partial charge in [0.05, 0.1) is 43.1 Å². The topological polar surface area (TPSA) is 159 Å². The summed E-state index contributed by atoms with van der Waals surface area (Å²) in [6.45, 7) is 16.5. The van der Waals surface area contributed by atoms with Crippen LogP contribution in [0.4, 0.5) is 0 Å². The Morgan fingerprint density at radius 3 is 2.46 bits per heavy atom. The van der Waals surface area contributed by atoms with E-state index in [-0.39, 0.29) is 52.2 Å². The second-order valence-corrected chi connectivity index (χ2v) is 19.1. The molecule has 69 heavy (non-hydrogen) atoms. The summed E-state index contributed by atoms with van der Waals surface area (Å²) >= 11 is 0. The molecule has 0 unspecified atom stereocenters. The predicted molar refractivity (Wildman–Crippen MR) is 275 cm³/mol. The molecular formula is C54H78N8O7. The van der Waals surface area contributed by atoms with Crippen molar-refractivity contribution in [2.45, 2.75) is 98.8 Å².